The van der Waals surface area contributed by atoms with E-state index in [1.807, 2.05) is 18.5 Å². The van der Waals surface area contributed by atoms with Crippen molar-refractivity contribution in [2.45, 2.75) is 71.0 Å². The summed E-state index contributed by atoms with van der Waals surface area (Å²) in [5.41, 5.74) is 0.0418. The highest BCUT2D eigenvalue weighted by molar-refractivity contribution is 14.0. The Kier molecular flexibility index (Phi) is 9.61. The molecule has 1 aliphatic heterocycles. The van der Waals surface area contributed by atoms with Crippen LogP contribution in [-0.2, 0) is 18.3 Å². The molecule has 0 aromatic carbocycles. The van der Waals surface area contributed by atoms with Crippen molar-refractivity contribution in [2.75, 3.05) is 32.8 Å². The van der Waals surface area contributed by atoms with Gasteiger partial charge in [-0.3, -0.25) is 4.90 Å². The maximum absolute atomic E-state index is 5.51. The van der Waals surface area contributed by atoms with E-state index in [2.05, 4.69) is 39.6 Å². The van der Waals surface area contributed by atoms with Crippen molar-refractivity contribution in [1.29, 1.82) is 0 Å². The second-order valence-corrected chi connectivity index (χ2v) is 8.63. The maximum atomic E-state index is 5.51. The van der Waals surface area contributed by atoms with E-state index in [9.17, 15) is 0 Å². The van der Waals surface area contributed by atoms with Crippen molar-refractivity contribution >= 4 is 29.9 Å². The van der Waals surface area contributed by atoms with E-state index in [0.29, 0.717) is 12.6 Å². The van der Waals surface area contributed by atoms with E-state index >= 15 is 0 Å². The normalized spacial score (nSPS) is 19.7. The van der Waals surface area contributed by atoms with Gasteiger partial charge in [-0.2, -0.15) is 0 Å². The molecule has 1 aromatic heterocycles. The van der Waals surface area contributed by atoms with E-state index in [-0.39, 0.29) is 29.5 Å². The van der Waals surface area contributed by atoms with Crippen molar-refractivity contribution in [2.24, 2.45) is 12.0 Å². The number of halogens is 1. The van der Waals surface area contributed by atoms with Gasteiger partial charge in [0.05, 0.1) is 13.2 Å². The van der Waals surface area contributed by atoms with Crippen LogP contribution in [0.4, 0.5) is 0 Å². The first-order chi connectivity index (χ1) is 13.5. The first-order valence-corrected chi connectivity index (χ1v) is 10.7. The Hall–Kier alpha value is -0.940. The van der Waals surface area contributed by atoms with E-state index < -0.39 is 0 Å². The number of morpholine rings is 1. The van der Waals surface area contributed by atoms with Crippen LogP contribution >= 0.6 is 24.0 Å². The summed E-state index contributed by atoms with van der Waals surface area (Å²) < 4.78 is 7.51. The van der Waals surface area contributed by atoms with Crippen LogP contribution in [0.2, 0.25) is 0 Å². The molecule has 2 fully saturated rings. The van der Waals surface area contributed by atoms with Crippen LogP contribution in [0.3, 0.4) is 0 Å². The molecule has 29 heavy (non-hydrogen) atoms. The second kappa shape index (κ2) is 11.5. The third-order valence-corrected chi connectivity index (χ3v) is 6.06. The van der Waals surface area contributed by atoms with Gasteiger partial charge in [-0.15, -0.1) is 34.2 Å². The Morgan fingerprint density at radius 2 is 1.86 bits per heavy atom. The van der Waals surface area contributed by atoms with E-state index in [1.54, 1.807) is 0 Å². The lowest BCUT2D eigenvalue weighted by atomic mass is 9.96. The molecule has 2 N–H and O–H groups in total. The Balaban J connectivity index is 0.00000300. The summed E-state index contributed by atoms with van der Waals surface area (Å²) in [6.45, 7) is 11.5. The Bertz CT molecular complexity index is 649. The highest BCUT2D eigenvalue weighted by Gasteiger charge is 2.28. The highest BCUT2D eigenvalue weighted by Crippen LogP contribution is 2.18. The predicted octanol–water partition coefficient (Wildman–Crippen LogP) is 2.22. The number of hydrogen-bond donors (Lipinski definition) is 2. The molecule has 2 aliphatic rings. The van der Waals surface area contributed by atoms with Crippen molar-refractivity contribution < 1.29 is 4.74 Å². The van der Waals surface area contributed by atoms with Gasteiger partial charge in [0, 0.05) is 38.3 Å². The minimum Gasteiger partial charge on any atom is -0.379 e. The van der Waals surface area contributed by atoms with Gasteiger partial charge < -0.3 is 19.9 Å². The first kappa shape index (κ1) is 24.3. The molecule has 3 rings (SSSR count). The van der Waals surface area contributed by atoms with E-state index in [0.717, 1.165) is 50.5 Å². The number of aryl methyl sites for hydroxylation is 1. The Labute approximate surface area is 192 Å². The fourth-order valence-electron chi connectivity index (χ4n) is 3.91. The third-order valence-electron chi connectivity index (χ3n) is 6.06. The zero-order valence-corrected chi connectivity index (χ0v) is 20.7. The lowest BCUT2D eigenvalue weighted by Gasteiger charge is -2.41. The minimum absolute atomic E-state index is 0. The number of rotatable bonds is 6. The number of hydrogen-bond acceptors (Lipinski definition) is 5. The summed E-state index contributed by atoms with van der Waals surface area (Å²) in [5.74, 6) is 2.68. The molecule has 9 heteroatoms. The van der Waals surface area contributed by atoms with Gasteiger partial charge in [0.25, 0.3) is 0 Å². The molecule has 166 valence electrons. The van der Waals surface area contributed by atoms with Gasteiger partial charge in [-0.1, -0.05) is 19.3 Å². The number of aromatic nitrogens is 3. The van der Waals surface area contributed by atoms with E-state index in [1.165, 1.54) is 32.1 Å². The largest absolute Gasteiger partial charge is 0.379 e. The molecule has 0 bridgehead atoms. The minimum atomic E-state index is 0. The number of aliphatic imine (C=N–C) groups is 1. The molecule has 0 amide bonds. The number of ether oxygens (including phenoxy) is 1. The quantitative estimate of drug-likeness (QED) is 0.341. The molecule has 1 aliphatic carbocycles. The smallest absolute Gasteiger partial charge is 0.191 e. The summed E-state index contributed by atoms with van der Waals surface area (Å²) in [7, 11) is 1.99. The second-order valence-electron chi connectivity index (χ2n) is 8.63. The summed E-state index contributed by atoms with van der Waals surface area (Å²) in [6.07, 6.45) is 6.38. The molecule has 0 atom stereocenters. The Morgan fingerprint density at radius 3 is 2.48 bits per heavy atom. The van der Waals surface area contributed by atoms with Gasteiger partial charge in [0.1, 0.15) is 12.4 Å². The van der Waals surface area contributed by atoms with Gasteiger partial charge in [0.15, 0.2) is 11.8 Å². The molecule has 2 heterocycles. The standard InChI is InChI=1S/C20H37N7O.HI/c1-16-24-25-18(26(16)4)14-21-19(23-17-8-6-5-7-9-17)22-15-20(2,3)27-10-12-28-13-11-27;/h17H,5-15H2,1-4H3,(H2,21,22,23);1H. The number of nitrogens with zero attached hydrogens (tertiary/aromatic N) is 5. The van der Waals surface area contributed by atoms with Crippen LogP contribution in [0.25, 0.3) is 0 Å². The summed E-state index contributed by atoms with van der Waals surface area (Å²) in [6, 6.07) is 0.507. The number of guanidine groups is 1. The fourth-order valence-corrected chi connectivity index (χ4v) is 3.91. The van der Waals surface area contributed by atoms with Crippen molar-refractivity contribution in [1.82, 2.24) is 30.3 Å². The molecule has 0 radical (unpaired) electrons. The summed E-state index contributed by atoms with van der Waals surface area (Å²) >= 11 is 0. The monoisotopic (exact) mass is 519 g/mol. The Morgan fingerprint density at radius 1 is 1.17 bits per heavy atom. The average molecular weight is 519 g/mol. The zero-order chi connectivity index (χ0) is 20.0. The van der Waals surface area contributed by atoms with Crippen LogP contribution in [0.15, 0.2) is 4.99 Å². The third kappa shape index (κ3) is 7.06. The van der Waals surface area contributed by atoms with Crippen LogP contribution in [0.1, 0.15) is 57.6 Å². The molecular weight excluding hydrogens is 481 g/mol. The molecule has 1 saturated heterocycles. The first-order valence-electron chi connectivity index (χ1n) is 10.7. The zero-order valence-electron chi connectivity index (χ0n) is 18.4. The summed E-state index contributed by atoms with van der Waals surface area (Å²) in [4.78, 5) is 7.33. The lowest BCUT2D eigenvalue weighted by Crippen LogP contribution is -2.57. The topological polar surface area (TPSA) is 79.6 Å². The predicted molar refractivity (Wildman–Crippen MR) is 127 cm³/mol. The lowest BCUT2D eigenvalue weighted by molar-refractivity contribution is -0.00835. The van der Waals surface area contributed by atoms with Crippen molar-refractivity contribution in [3.8, 4) is 0 Å². The highest BCUT2D eigenvalue weighted by atomic mass is 127. The molecule has 0 unspecified atom stereocenters. The van der Waals surface area contributed by atoms with Crippen molar-refractivity contribution in [3.05, 3.63) is 11.6 Å². The van der Waals surface area contributed by atoms with Crippen molar-refractivity contribution in [3.63, 3.8) is 0 Å². The average Bonchev–Trinajstić information content (AvgIpc) is 3.03. The van der Waals surface area contributed by atoms with Crippen LogP contribution in [-0.4, -0.2) is 70.1 Å². The summed E-state index contributed by atoms with van der Waals surface area (Å²) in [5, 5.41) is 15.7. The molecule has 1 saturated carbocycles. The van der Waals surface area contributed by atoms with Gasteiger partial charge in [-0.05, 0) is 33.6 Å². The van der Waals surface area contributed by atoms with E-state index in [4.69, 9.17) is 9.73 Å². The van der Waals surface area contributed by atoms with Gasteiger partial charge in [0.2, 0.25) is 0 Å². The number of nitrogens with one attached hydrogen (secondary N) is 2. The van der Waals surface area contributed by atoms with Gasteiger partial charge >= 0.3 is 0 Å². The van der Waals surface area contributed by atoms with Gasteiger partial charge in [-0.25, -0.2) is 4.99 Å². The molecule has 0 spiro atoms. The van der Waals surface area contributed by atoms with Crippen LogP contribution in [0, 0.1) is 6.92 Å². The molecule has 1 aromatic rings. The fraction of sp³-hybridized carbons (Fsp3) is 0.850. The molecular formula is C20H38IN7O. The SMILES string of the molecule is Cc1nnc(CN=C(NCC(C)(C)N2CCOCC2)NC2CCCCC2)n1C.I. The van der Waals surface area contributed by atoms with Crippen LogP contribution < -0.4 is 10.6 Å². The molecule has 8 nitrogen and oxygen atoms in total. The van der Waals surface area contributed by atoms with Crippen LogP contribution in [0.5, 0.6) is 0 Å². The maximum Gasteiger partial charge on any atom is 0.191 e.